The van der Waals surface area contributed by atoms with Crippen LogP contribution in [0.25, 0.3) is 10.9 Å². The number of Topliss-reactive ketones (excluding diaryl/α,β-unsaturated/α-hetero) is 1. The van der Waals surface area contributed by atoms with Crippen LogP contribution in [0.15, 0.2) is 27.7 Å². The van der Waals surface area contributed by atoms with Gasteiger partial charge >= 0.3 is 6.09 Å². The van der Waals surface area contributed by atoms with Gasteiger partial charge < -0.3 is 14.7 Å². The van der Waals surface area contributed by atoms with E-state index in [9.17, 15) is 19.5 Å². The van der Waals surface area contributed by atoms with E-state index in [2.05, 4.69) is 20.9 Å². The van der Waals surface area contributed by atoms with Gasteiger partial charge in [0.1, 0.15) is 5.60 Å². The van der Waals surface area contributed by atoms with Gasteiger partial charge in [-0.25, -0.2) is 9.78 Å². The highest BCUT2D eigenvalue weighted by Gasteiger charge is 2.39. The topological polar surface area (TPSA) is 102 Å². The largest absolute Gasteiger partial charge is 0.444 e. The normalized spacial score (nSPS) is 19.3. The lowest BCUT2D eigenvalue weighted by Crippen LogP contribution is -2.44. The highest BCUT2D eigenvalue weighted by molar-refractivity contribution is 9.10. The predicted octanol–water partition coefficient (Wildman–Crippen LogP) is 3.14. The molecule has 1 aromatic heterocycles. The van der Waals surface area contributed by atoms with Crippen LogP contribution in [0.5, 0.6) is 0 Å². The molecule has 1 amide bonds. The number of halogens is 2. The zero-order valence-corrected chi connectivity index (χ0v) is 19.2. The van der Waals surface area contributed by atoms with Crippen molar-refractivity contribution in [2.75, 3.05) is 6.54 Å². The van der Waals surface area contributed by atoms with Crippen LogP contribution in [0.1, 0.15) is 33.6 Å². The molecule has 0 radical (unpaired) electrons. The lowest BCUT2D eigenvalue weighted by Gasteiger charge is -2.29. The first-order valence-electron chi connectivity index (χ1n) is 9.50. The maximum absolute atomic E-state index is 12.7. The smallest absolute Gasteiger partial charge is 0.410 e. The molecule has 1 aliphatic heterocycles. The zero-order chi connectivity index (χ0) is 22.2. The first kappa shape index (κ1) is 22.7. The lowest BCUT2D eigenvalue weighted by molar-refractivity contribution is -0.121. The molecular formula is C20H23BrClN3O5. The van der Waals surface area contributed by atoms with Crippen molar-refractivity contribution < 1.29 is 19.4 Å². The number of fused-ring (bicyclic) bond motifs is 1. The molecule has 10 heteroatoms. The molecule has 0 spiro atoms. The number of amides is 1. The van der Waals surface area contributed by atoms with Crippen LogP contribution in [0.2, 0.25) is 5.02 Å². The van der Waals surface area contributed by atoms with Gasteiger partial charge in [0.15, 0.2) is 5.78 Å². The molecule has 30 heavy (non-hydrogen) atoms. The third-order valence-electron chi connectivity index (χ3n) is 4.79. The van der Waals surface area contributed by atoms with Crippen molar-refractivity contribution in [3.05, 3.63) is 38.3 Å². The predicted molar refractivity (Wildman–Crippen MR) is 116 cm³/mol. The van der Waals surface area contributed by atoms with Gasteiger partial charge in [0.2, 0.25) is 0 Å². The fraction of sp³-hybridized carbons (Fsp3) is 0.500. The monoisotopic (exact) mass is 499 g/mol. The summed E-state index contributed by atoms with van der Waals surface area (Å²) in [4.78, 5) is 43.4. The molecule has 2 aromatic rings. The fourth-order valence-electron chi connectivity index (χ4n) is 3.38. The van der Waals surface area contributed by atoms with Crippen molar-refractivity contribution in [2.24, 2.45) is 0 Å². The van der Waals surface area contributed by atoms with Crippen molar-refractivity contribution in [3.63, 3.8) is 0 Å². The molecule has 1 fully saturated rings. The SMILES string of the molecule is CC(C)(C)OC(=O)N1CCC(O)C1CC(=O)Cn1cnc2cc(Br)c(Cl)cc2c1=O. The number of hydrogen-bond donors (Lipinski definition) is 1. The molecule has 1 aliphatic rings. The van der Waals surface area contributed by atoms with E-state index in [0.717, 1.165) is 0 Å². The van der Waals surface area contributed by atoms with E-state index in [1.807, 2.05) is 0 Å². The lowest BCUT2D eigenvalue weighted by atomic mass is 10.1. The van der Waals surface area contributed by atoms with Gasteiger partial charge in [-0.3, -0.25) is 14.2 Å². The van der Waals surface area contributed by atoms with E-state index in [1.54, 1.807) is 26.8 Å². The Morgan fingerprint density at radius 2 is 2.07 bits per heavy atom. The van der Waals surface area contributed by atoms with E-state index < -0.39 is 29.4 Å². The molecule has 1 saturated heterocycles. The Kier molecular flexibility index (Phi) is 6.54. The van der Waals surface area contributed by atoms with E-state index in [-0.39, 0.29) is 18.7 Å². The average molecular weight is 501 g/mol. The van der Waals surface area contributed by atoms with E-state index in [0.29, 0.717) is 33.4 Å². The molecule has 2 unspecified atom stereocenters. The molecule has 0 aliphatic carbocycles. The summed E-state index contributed by atoms with van der Waals surface area (Å²) < 4.78 is 7.19. The molecule has 0 saturated carbocycles. The summed E-state index contributed by atoms with van der Waals surface area (Å²) >= 11 is 9.36. The van der Waals surface area contributed by atoms with E-state index >= 15 is 0 Å². The van der Waals surface area contributed by atoms with Gasteiger partial charge in [-0.15, -0.1) is 0 Å². The number of aromatic nitrogens is 2. The Hall–Kier alpha value is -1.97. The number of benzene rings is 1. The minimum absolute atomic E-state index is 0.0913. The number of aliphatic hydroxyl groups excluding tert-OH is 1. The molecule has 1 N–H and O–H groups in total. The first-order valence-corrected chi connectivity index (χ1v) is 10.7. The second-order valence-corrected chi connectivity index (χ2v) is 9.56. The fourth-order valence-corrected chi connectivity index (χ4v) is 3.88. The Balaban J connectivity index is 1.76. The summed E-state index contributed by atoms with van der Waals surface area (Å²) in [5.41, 5.74) is -0.611. The Morgan fingerprint density at radius 1 is 1.37 bits per heavy atom. The van der Waals surface area contributed by atoms with Crippen LogP contribution in [0.3, 0.4) is 0 Å². The quantitative estimate of drug-likeness (QED) is 0.692. The second kappa shape index (κ2) is 8.64. The highest BCUT2D eigenvalue weighted by atomic mass is 79.9. The summed E-state index contributed by atoms with van der Waals surface area (Å²) in [6.07, 6.45) is 0.180. The minimum atomic E-state index is -0.830. The number of ketones is 1. The number of rotatable bonds is 4. The number of nitrogens with zero attached hydrogens (tertiary/aromatic N) is 3. The number of likely N-dealkylation sites (tertiary alicyclic amines) is 1. The molecule has 3 rings (SSSR count). The summed E-state index contributed by atoms with van der Waals surface area (Å²) in [5.74, 6) is -0.305. The van der Waals surface area contributed by atoms with Gasteiger partial charge in [-0.1, -0.05) is 11.6 Å². The molecular weight excluding hydrogens is 478 g/mol. The standard InChI is InChI=1S/C20H23BrClN3O5/c1-20(2,3)30-19(29)25-5-4-17(27)16(25)6-11(26)9-24-10-23-15-8-13(21)14(22)7-12(15)18(24)28/h7-8,10,16-17,27H,4-6,9H2,1-3H3. The number of carbonyl (C=O) groups excluding carboxylic acids is 2. The summed E-state index contributed by atoms with van der Waals surface area (Å²) in [6, 6.07) is 2.45. The van der Waals surface area contributed by atoms with E-state index in [1.165, 1.54) is 21.9 Å². The van der Waals surface area contributed by atoms with Crippen molar-refractivity contribution in [1.29, 1.82) is 0 Å². The third-order valence-corrected chi connectivity index (χ3v) is 5.98. The second-order valence-electron chi connectivity index (χ2n) is 8.30. The maximum Gasteiger partial charge on any atom is 0.410 e. The number of carbonyl (C=O) groups is 2. The maximum atomic E-state index is 12.7. The van der Waals surface area contributed by atoms with E-state index in [4.69, 9.17) is 16.3 Å². The van der Waals surface area contributed by atoms with Gasteiger partial charge in [0.25, 0.3) is 5.56 Å². The van der Waals surface area contributed by atoms with Gasteiger partial charge in [-0.05, 0) is 55.3 Å². The molecule has 162 valence electrons. The number of hydrogen-bond acceptors (Lipinski definition) is 6. The Morgan fingerprint density at radius 3 is 2.73 bits per heavy atom. The first-order chi connectivity index (χ1) is 14.0. The minimum Gasteiger partial charge on any atom is -0.444 e. The summed E-state index contributed by atoms with van der Waals surface area (Å²) in [6.45, 7) is 5.34. The van der Waals surface area contributed by atoms with Crippen molar-refractivity contribution >= 4 is 50.3 Å². The van der Waals surface area contributed by atoms with Crippen LogP contribution in [0.4, 0.5) is 4.79 Å². The number of aliphatic hydroxyl groups is 1. The van der Waals surface area contributed by atoms with Gasteiger partial charge in [-0.2, -0.15) is 0 Å². The summed E-state index contributed by atoms with van der Waals surface area (Å²) in [7, 11) is 0. The molecule has 8 nitrogen and oxygen atoms in total. The zero-order valence-electron chi connectivity index (χ0n) is 16.9. The van der Waals surface area contributed by atoms with Gasteiger partial charge in [0.05, 0.1) is 40.9 Å². The Bertz CT molecular complexity index is 1050. The average Bonchev–Trinajstić information content (AvgIpc) is 2.98. The number of ether oxygens (including phenoxy) is 1. The molecule has 2 heterocycles. The van der Waals surface area contributed by atoms with Crippen LogP contribution < -0.4 is 5.56 Å². The highest BCUT2D eigenvalue weighted by Crippen LogP contribution is 2.26. The summed E-state index contributed by atoms with van der Waals surface area (Å²) in [5, 5.41) is 10.9. The third kappa shape index (κ3) is 5.01. The molecule has 1 aromatic carbocycles. The van der Waals surface area contributed by atoms with Crippen molar-refractivity contribution in [1.82, 2.24) is 14.5 Å². The van der Waals surface area contributed by atoms with Crippen LogP contribution in [0, 0.1) is 0 Å². The van der Waals surface area contributed by atoms with Crippen LogP contribution >= 0.6 is 27.5 Å². The molecule has 2 atom stereocenters. The van der Waals surface area contributed by atoms with Crippen LogP contribution in [-0.4, -0.2) is 55.7 Å². The van der Waals surface area contributed by atoms with Crippen molar-refractivity contribution in [3.8, 4) is 0 Å². The molecule has 0 bridgehead atoms. The Labute approximate surface area is 186 Å². The van der Waals surface area contributed by atoms with Crippen molar-refractivity contribution in [2.45, 2.75) is 57.9 Å². The van der Waals surface area contributed by atoms with Gasteiger partial charge in [0, 0.05) is 17.4 Å². The van der Waals surface area contributed by atoms with Crippen LogP contribution in [-0.2, 0) is 16.1 Å².